The third kappa shape index (κ3) is 1.18. The predicted molar refractivity (Wildman–Crippen MR) is 46.6 cm³/mol. The molecule has 2 heterocycles. The predicted octanol–water partition coefficient (Wildman–Crippen LogP) is 1.29. The average molecular weight is 267 g/mol. The molecule has 9 heteroatoms. The molecular formula is C8H4F3NO4S. The Balaban J connectivity index is 2.28. The Morgan fingerprint density at radius 3 is 2.53 bits per heavy atom. The van der Waals surface area contributed by atoms with Crippen molar-refractivity contribution in [1.29, 1.82) is 0 Å². The second kappa shape index (κ2) is 2.74. The van der Waals surface area contributed by atoms with Crippen LogP contribution in [0, 0.1) is 0 Å². The summed E-state index contributed by atoms with van der Waals surface area (Å²) >= 11 is 0. The van der Waals surface area contributed by atoms with Gasteiger partial charge in [0.15, 0.2) is 5.75 Å². The van der Waals surface area contributed by atoms with Gasteiger partial charge in [-0.05, 0) is 6.07 Å². The molecule has 0 bridgehead atoms. The third-order valence-electron chi connectivity index (χ3n) is 2.47. The lowest BCUT2D eigenvalue weighted by molar-refractivity contribution is -0.190. The second-order valence-electron chi connectivity index (χ2n) is 3.50. The van der Waals surface area contributed by atoms with Gasteiger partial charge in [0.2, 0.25) is 0 Å². The number of hydrogen-bond donors (Lipinski definition) is 0. The van der Waals surface area contributed by atoms with Crippen LogP contribution in [0.2, 0.25) is 0 Å². The highest BCUT2D eigenvalue weighted by Gasteiger charge is 2.82. The molecule has 92 valence electrons. The Morgan fingerprint density at radius 2 is 1.88 bits per heavy atom. The third-order valence-corrected chi connectivity index (χ3v) is 3.60. The van der Waals surface area contributed by atoms with Crippen molar-refractivity contribution in [3.63, 3.8) is 0 Å². The fourth-order valence-electron chi connectivity index (χ4n) is 1.72. The molecule has 3 rings (SSSR count). The van der Waals surface area contributed by atoms with Crippen molar-refractivity contribution >= 4 is 10.3 Å². The van der Waals surface area contributed by atoms with Gasteiger partial charge in [-0.3, -0.25) is 0 Å². The summed E-state index contributed by atoms with van der Waals surface area (Å²) in [6, 6.07) is 4.96. The zero-order valence-electron chi connectivity index (χ0n) is 7.93. The maximum absolute atomic E-state index is 12.9. The van der Waals surface area contributed by atoms with Gasteiger partial charge in [-0.15, -0.1) is 0 Å². The lowest BCUT2D eigenvalue weighted by Gasteiger charge is -2.22. The maximum atomic E-state index is 12.9. The molecule has 0 amide bonds. The van der Waals surface area contributed by atoms with E-state index in [9.17, 15) is 21.6 Å². The number of fused-ring (bicyclic) bond motifs is 3. The van der Waals surface area contributed by atoms with Crippen molar-refractivity contribution in [3.8, 4) is 5.75 Å². The van der Waals surface area contributed by atoms with Gasteiger partial charge in [-0.1, -0.05) is 18.2 Å². The van der Waals surface area contributed by atoms with Crippen molar-refractivity contribution in [1.82, 2.24) is 4.47 Å². The van der Waals surface area contributed by atoms with Crippen LogP contribution in [0.5, 0.6) is 5.75 Å². The molecule has 0 aromatic heterocycles. The van der Waals surface area contributed by atoms with Crippen LogP contribution < -0.4 is 4.18 Å². The van der Waals surface area contributed by atoms with Crippen LogP contribution in [0.25, 0.3) is 0 Å². The van der Waals surface area contributed by atoms with Crippen molar-refractivity contribution in [2.24, 2.45) is 0 Å². The van der Waals surface area contributed by atoms with E-state index in [0.29, 0.717) is 0 Å². The van der Waals surface area contributed by atoms with Crippen molar-refractivity contribution in [3.05, 3.63) is 29.8 Å². The van der Waals surface area contributed by atoms with E-state index in [1.54, 1.807) is 0 Å². The molecule has 0 aliphatic carbocycles. The molecule has 2 unspecified atom stereocenters. The molecule has 0 N–H and O–H groups in total. The smallest absolute Gasteiger partial charge is 0.369 e. The van der Waals surface area contributed by atoms with Crippen LogP contribution in [-0.4, -0.2) is 19.1 Å². The molecule has 1 saturated heterocycles. The van der Waals surface area contributed by atoms with E-state index < -0.39 is 22.2 Å². The Hall–Kier alpha value is -1.32. The van der Waals surface area contributed by atoms with E-state index in [0.717, 1.165) is 12.1 Å². The molecule has 2 atom stereocenters. The number of alkyl halides is 3. The van der Waals surface area contributed by atoms with Crippen molar-refractivity contribution in [2.45, 2.75) is 11.9 Å². The minimum Gasteiger partial charge on any atom is -0.369 e. The summed E-state index contributed by atoms with van der Waals surface area (Å²) in [5.74, 6) is -0.376. The molecule has 2 aliphatic heterocycles. The Morgan fingerprint density at radius 1 is 1.24 bits per heavy atom. The first-order valence-electron chi connectivity index (χ1n) is 4.39. The summed E-state index contributed by atoms with van der Waals surface area (Å²) in [5.41, 5.74) is -3.30. The number of hydroxylamine groups is 1. The fraction of sp³-hybridized carbons (Fsp3) is 0.250. The van der Waals surface area contributed by atoms with Gasteiger partial charge in [0.1, 0.15) is 0 Å². The Bertz CT molecular complexity index is 599. The van der Waals surface area contributed by atoms with E-state index in [1.165, 1.54) is 12.1 Å². The van der Waals surface area contributed by atoms with Crippen LogP contribution in [0.3, 0.4) is 0 Å². The molecule has 0 saturated carbocycles. The average Bonchev–Trinajstić information content (AvgIpc) is 2.93. The van der Waals surface area contributed by atoms with Crippen LogP contribution in [0.15, 0.2) is 24.3 Å². The summed E-state index contributed by atoms with van der Waals surface area (Å²) < 4.78 is 65.6. The molecule has 1 fully saturated rings. The lowest BCUT2D eigenvalue weighted by atomic mass is 10.0. The summed E-state index contributed by atoms with van der Waals surface area (Å²) in [6.07, 6.45) is -4.88. The largest absolute Gasteiger partial charge is 0.441 e. The highest BCUT2D eigenvalue weighted by atomic mass is 32.2. The van der Waals surface area contributed by atoms with Crippen LogP contribution in [0.4, 0.5) is 13.2 Å². The van der Waals surface area contributed by atoms with Crippen LogP contribution in [-0.2, 0) is 20.9 Å². The summed E-state index contributed by atoms with van der Waals surface area (Å²) in [4.78, 5) is 4.27. The maximum Gasteiger partial charge on any atom is 0.441 e. The summed E-state index contributed by atoms with van der Waals surface area (Å²) in [6.45, 7) is 0. The number of hydrogen-bond acceptors (Lipinski definition) is 4. The van der Waals surface area contributed by atoms with Gasteiger partial charge in [-0.25, -0.2) is 4.84 Å². The normalized spacial score (nSPS) is 33.2. The van der Waals surface area contributed by atoms with E-state index in [-0.39, 0.29) is 15.8 Å². The lowest BCUT2D eigenvalue weighted by Crippen LogP contribution is -2.41. The molecule has 0 radical (unpaired) electrons. The minimum atomic E-state index is -4.88. The summed E-state index contributed by atoms with van der Waals surface area (Å²) in [5, 5.41) is 0. The fourth-order valence-corrected chi connectivity index (χ4v) is 2.88. The Kier molecular flexibility index (Phi) is 1.74. The van der Waals surface area contributed by atoms with E-state index >= 15 is 0 Å². The number of benzene rings is 1. The topological polar surface area (TPSA) is 58.9 Å². The van der Waals surface area contributed by atoms with Crippen molar-refractivity contribution < 1.29 is 30.6 Å². The first kappa shape index (κ1) is 10.8. The van der Waals surface area contributed by atoms with Crippen LogP contribution in [0.1, 0.15) is 5.56 Å². The van der Waals surface area contributed by atoms with Crippen LogP contribution >= 0.6 is 0 Å². The minimum absolute atomic E-state index is 0.178. The number of nitrogens with zero attached hydrogens (tertiary/aromatic N) is 1. The van der Waals surface area contributed by atoms with Gasteiger partial charge >= 0.3 is 22.2 Å². The molecule has 1 aromatic rings. The van der Waals surface area contributed by atoms with Crippen molar-refractivity contribution in [2.75, 3.05) is 0 Å². The summed E-state index contributed by atoms with van der Waals surface area (Å²) in [7, 11) is -4.55. The molecule has 0 spiro atoms. The highest BCUT2D eigenvalue weighted by molar-refractivity contribution is 7.84. The zero-order chi connectivity index (χ0) is 12.5. The van der Waals surface area contributed by atoms with E-state index in [4.69, 9.17) is 0 Å². The first-order valence-corrected chi connectivity index (χ1v) is 5.76. The SMILES string of the molecule is O=S1(=O)Oc2ccccc2C2(C(F)(F)F)ON21. The molecule has 17 heavy (non-hydrogen) atoms. The van der Waals surface area contributed by atoms with Gasteiger partial charge in [0.05, 0.1) is 5.56 Å². The number of para-hydroxylation sites is 1. The molecule has 5 nitrogen and oxygen atoms in total. The monoisotopic (exact) mass is 267 g/mol. The highest BCUT2D eigenvalue weighted by Crippen LogP contribution is 2.61. The molecule has 1 aromatic carbocycles. The van der Waals surface area contributed by atoms with E-state index in [1.807, 2.05) is 0 Å². The number of halogens is 3. The molecule has 2 aliphatic rings. The van der Waals surface area contributed by atoms with Gasteiger partial charge in [0, 0.05) is 4.47 Å². The van der Waals surface area contributed by atoms with Gasteiger partial charge < -0.3 is 4.18 Å². The number of rotatable bonds is 0. The van der Waals surface area contributed by atoms with Gasteiger partial charge in [0.25, 0.3) is 0 Å². The van der Waals surface area contributed by atoms with E-state index in [2.05, 4.69) is 9.02 Å². The Labute approximate surface area is 93.6 Å². The van der Waals surface area contributed by atoms with Gasteiger partial charge in [-0.2, -0.15) is 21.6 Å². The quantitative estimate of drug-likeness (QED) is 0.664. The first-order chi connectivity index (χ1) is 7.79. The second-order valence-corrected chi connectivity index (χ2v) is 4.85. The molecular weight excluding hydrogens is 263 g/mol. The standard InChI is InChI=1S/C8H4F3NO4S/c9-8(10,11)7-5-3-1-2-4-6(5)15-17(13,14)12(7)16-7/h1-4H. The zero-order valence-corrected chi connectivity index (χ0v) is 8.75.